The number of nitrogen functional groups attached to an aromatic ring is 1. The number of nitro benzene ring substituents is 1. The van der Waals surface area contributed by atoms with E-state index in [1.807, 2.05) is 0 Å². The number of esters is 1. The van der Waals surface area contributed by atoms with Gasteiger partial charge in [0.2, 0.25) is 11.8 Å². The van der Waals surface area contributed by atoms with Crippen LogP contribution in [-0.4, -0.2) is 50.8 Å². The Morgan fingerprint density at radius 1 is 1.24 bits per heavy atom. The number of non-ortho nitro benzene ring substituents is 1. The Hall–Kier alpha value is -3.86. The van der Waals surface area contributed by atoms with Crippen molar-refractivity contribution in [1.82, 2.24) is 10.2 Å². The molecule has 10 nitrogen and oxygen atoms in total. The SMILES string of the molecule is C=C1CS[C@@H]2C(NC(=O)Cc3ccccc3N)C(=O)N2C1C(=O)OCc1ccc([N+](=O)[O-])cc1. The number of anilines is 1. The number of fused-ring (bicyclic) bond motifs is 1. The van der Waals surface area contributed by atoms with Crippen LogP contribution < -0.4 is 11.1 Å². The highest BCUT2D eigenvalue weighted by Crippen LogP contribution is 2.40. The van der Waals surface area contributed by atoms with Crippen LogP contribution in [0, 0.1) is 10.1 Å². The number of β-lactam (4-membered cyclic amide) rings is 1. The summed E-state index contributed by atoms with van der Waals surface area (Å²) in [4.78, 5) is 49.8. The molecule has 3 atom stereocenters. The van der Waals surface area contributed by atoms with E-state index in [4.69, 9.17) is 10.5 Å². The summed E-state index contributed by atoms with van der Waals surface area (Å²) in [6.45, 7) is 3.82. The Balaban J connectivity index is 1.36. The lowest BCUT2D eigenvalue weighted by Crippen LogP contribution is -2.74. The van der Waals surface area contributed by atoms with E-state index in [2.05, 4.69) is 11.9 Å². The molecule has 0 spiro atoms. The normalized spacial score (nSPS) is 21.3. The van der Waals surface area contributed by atoms with Crippen molar-refractivity contribution < 1.29 is 24.0 Å². The van der Waals surface area contributed by atoms with Crippen LogP contribution in [0.4, 0.5) is 11.4 Å². The van der Waals surface area contributed by atoms with E-state index in [0.717, 1.165) is 0 Å². The molecule has 4 rings (SSSR count). The van der Waals surface area contributed by atoms with Crippen molar-refractivity contribution in [3.8, 4) is 0 Å². The Labute approximate surface area is 199 Å². The van der Waals surface area contributed by atoms with E-state index >= 15 is 0 Å². The quantitative estimate of drug-likeness (QED) is 0.152. The van der Waals surface area contributed by atoms with E-state index in [1.54, 1.807) is 24.3 Å². The van der Waals surface area contributed by atoms with Crippen LogP contribution in [0.3, 0.4) is 0 Å². The zero-order valence-corrected chi connectivity index (χ0v) is 18.8. The molecule has 0 aliphatic carbocycles. The number of hydrogen-bond donors (Lipinski definition) is 2. The van der Waals surface area contributed by atoms with Gasteiger partial charge in [-0.05, 0) is 34.9 Å². The molecule has 2 aliphatic heterocycles. The molecule has 0 bridgehead atoms. The molecule has 2 heterocycles. The largest absolute Gasteiger partial charge is 0.459 e. The maximum absolute atomic E-state index is 12.8. The average Bonchev–Trinajstić information content (AvgIpc) is 2.82. The van der Waals surface area contributed by atoms with Gasteiger partial charge in [-0.2, -0.15) is 0 Å². The van der Waals surface area contributed by atoms with E-state index in [1.165, 1.54) is 40.9 Å². The lowest BCUT2D eigenvalue weighted by Gasteiger charge is -2.52. The number of carbonyl (C=O) groups is 3. The number of para-hydroxylation sites is 1. The van der Waals surface area contributed by atoms with Crippen molar-refractivity contribution in [2.45, 2.75) is 30.5 Å². The number of nitro groups is 1. The first-order valence-corrected chi connectivity index (χ1v) is 11.5. The number of hydrogen-bond acceptors (Lipinski definition) is 8. The lowest BCUT2D eigenvalue weighted by atomic mass is 9.98. The summed E-state index contributed by atoms with van der Waals surface area (Å²) < 4.78 is 5.37. The smallest absolute Gasteiger partial charge is 0.333 e. The Morgan fingerprint density at radius 3 is 2.62 bits per heavy atom. The van der Waals surface area contributed by atoms with Crippen molar-refractivity contribution in [1.29, 1.82) is 0 Å². The molecule has 2 unspecified atom stereocenters. The van der Waals surface area contributed by atoms with Gasteiger partial charge in [0.15, 0.2) is 6.04 Å². The summed E-state index contributed by atoms with van der Waals surface area (Å²) in [6, 6.07) is 11.0. The molecule has 3 N–H and O–H groups in total. The average molecular weight is 483 g/mol. The van der Waals surface area contributed by atoms with E-state index < -0.39 is 28.4 Å². The van der Waals surface area contributed by atoms with Gasteiger partial charge < -0.3 is 20.7 Å². The summed E-state index contributed by atoms with van der Waals surface area (Å²) in [6.07, 6.45) is 0.0429. The van der Waals surface area contributed by atoms with Gasteiger partial charge in [0.25, 0.3) is 5.69 Å². The van der Waals surface area contributed by atoms with Crippen LogP contribution in [-0.2, 0) is 32.1 Å². The molecule has 0 radical (unpaired) electrons. The molecule has 0 aromatic heterocycles. The summed E-state index contributed by atoms with van der Waals surface area (Å²) >= 11 is 1.42. The standard InChI is InChI=1S/C23H22N4O6S/c1-13-12-34-22-19(25-18(28)10-15-4-2-3-5-17(15)24)21(29)26(22)20(13)23(30)33-11-14-6-8-16(9-7-14)27(31)32/h2-9,19-20,22H,1,10-12,24H2,(H,25,28)/t19?,20?,22-/m1/s1. The fraction of sp³-hybridized carbons (Fsp3) is 0.261. The zero-order chi connectivity index (χ0) is 24.4. The first-order valence-electron chi connectivity index (χ1n) is 10.4. The molecular weight excluding hydrogens is 460 g/mol. The molecule has 2 fully saturated rings. The third kappa shape index (κ3) is 4.60. The zero-order valence-electron chi connectivity index (χ0n) is 18.0. The van der Waals surface area contributed by atoms with Crippen LogP contribution >= 0.6 is 11.8 Å². The fourth-order valence-electron chi connectivity index (χ4n) is 3.86. The van der Waals surface area contributed by atoms with Gasteiger partial charge in [0.05, 0.1) is 11.3 Å². The monoisotopic (exact) mass is 482 g/mol. The molecule has 2 aromatic carbocycles. The number of nitrogens with two attached hydrogens (primary N) is 1. The molecule has 34 heavy (non-hydrogen) atoms. The first-order chi connectivity index (χ1) is 16.3. The van der Waals surface area contributed by atoms with Gasteiger partial charge in [-0.25, -0.2) is 4.79 Å². The van der Waals surface area contributed by atoms with Gasteiger partial charge in [-0.15, -0.1) is 11.8 Å². The minimum atomic E-state index is -0.949. The highest BCUT2D eigenvalue weighted by Gasteiger charge is 2.56. The number of benzene rings is 2. The predicted octanol–water partition coefficient (Wildman–Crippen LogP) is 1.79. The van der Waals surface area contributed by atoms with Gasteiger partial charge in [0, 0.05) is 23.6 Å². The highest BCUT2D eigenvalue weighted by molar-refractivity contribution is 8.00. The highest BCUT2D eigenvalue weighted by atomic mass is 32.2. The molecule has 2 aromatic rings. The molecule has 2 aliphatic rings. The maximum Gasteiger partial charge on any atom is 0.333 e. The van der Waals surface area contributed by atoms with Crippen LogP contribution in [0.5, 0.6) is 0 Å². The predicted molar refractivity (Wildman–Crippen MR) is 125 cm³/mol. The minimum absolute atomic E-state index is 0.0429. The van der Waals surface area contributed by atoms with Crippen molar-refractivity contribution in [2.75, 3.05) is 11.5 Å². The Kier molecular flexibility index (Phi) is 6.55. The van der Waals surface area contributed by atoms with Crippen LogP contribution in [0.2, 0.25) is 0 Å². The number of nitrogens with zero attached hydrogens (tertiary/aromatic N) is 2. The molecular formula is C23H22N4O6S. The van der Waals surface area contributed by atoms with Gasteiger partial charge in [-0.1, -0.05) is 24.8 Å². The van der Waals surface area contributed by atoms with Crippen molar-refractivity contribution in [3.63, 3.8) is 0 Å². The second-order valence-corrected chi connectivity index (χ2v) is 9.06. The molecule has 176 valence electrons. The topological polar surface area (TPSA) is 145 Å². The third-order valence-corrected chi connectivity index (χ3v) is 7.04. The second-order valence-electron chi connectivity index (χ2n) is 7.96. The van der Waals surface area contributed by atoms with E-state index in [0.29, 0.717) is 28.1 Å². The fourth-order valence-corrected chi connectivity index (χ4v) is 5.16. The summed E-state index contributed by atoms with van der Waals surface area (Å²) in [5.41, 5.74) is 8.10. The number of rotatable bonds is 7. The first kappa shape index (κ1) is 23.3. The van der Waals surface area contributed by atoms with Crippen LogP contribution in [0.15, 0.2) is 60.7 Å². The van der Waals surface area contributed by atoms with Crippen molar-refractivity contribution in [2.24, 2.45) is 0 Å². The summed E-state index contributed by atoms with van der Waals surface area (Å²) in [5, 5.41) is 13.1. The number of carbonyl (C=O) groups excluding carboxylic acids is 3. The number of amides is 2. The Morgan fingerprint density at radius 2 is 1.94 bits per heavy atom. The van der Waals surface area contributed by atoms with Gasteiger partial charge >= 0.3 is 5.97 Å². The maximum atomic E-state index is 12.8. The number of ether oxygens (including phenoxy) is 1. The molecule has 0 saturated carbocycles. The Bertz CT molecular complexity index is 1170. The minimum Gasteiger partial charge on any atom is -0.459 e. The lowest BCUT2D eigenvalue weighted by molar-refractivity contribution is -0.384. The van der Waals surface area contributed by atoms with Crippen LogP contribution in [0.25, 0.3) is 0 Å². The second kappa shape index (κ2) is 9.56. The van der Waals surface area contributed by atoms with E-state index in [-0.39, 0.29) is 30.5 Å². The van der Waals surface area contributed by atoms with Crippen molar-refractivity contribution >= 4 is 40.9 Å². The summed E-state index contributed by atoms with van der Waals surface area (Å²) in [5.74, 6) is -0.920. The van der Waals surface area contributed by atoms with Gasteiger partial charge in [0.1, 0.15) is 18.0 Å². The number of nitrogens with one attached hydrogen (secondary N) is 1. The molecule has 2 amide bonds. The molecule has 2 saturated heterocycles. The summed E-state index contributed by atoms with van der Waals surface area (Å²) in [7, 11) is 0. The molecule has 11 heteroatoms. The third-order valence-electron chi connectivity index (χ3n) is 5.66. The number of thioether (sulfide) groups is 1. The van der Waals surface area contributed by atoms with Crippen LogP contribution in [0.1, 0.15) is 11.1 Å². The van der Waals surface area contributed by atoms with E-state index in [9.17, 15) is 24.5 Å². The van der Waals surface area contributed by atoms with Gasteiger partial charge in [-0.3, -0.25) is 19.7 Å². The van der Waals surface area contributed by atoms with Crippen molar-refractivity contribution in [3.05, 3.63) is 81.9 Å².